The number of halogens is 6. The molecule has 3 rings (SSSR count). The number of hydrogen-bond donors (Lipinski definition) is 0. The quantitative estimate of drug-likeness (QED) is 0.465. The summed E-state index contributed by atoms with van der Waals surface area (Å²) in [5.74, 6) is -1.83. The Morgan fingerprint density at radius 1 is 0.857 bits per heavy atom. The molecule has 0 bridgehead atoms. The molecule has 152 valence electrons. The molecule has 1 fully saturated rings. The summed E-state index contributed by atoms with van der Waals surface area (Å²) in [7, 11) is 0. The lowest BCUT2D eigenvalue weighted by Crippen LogP contribution is -2.11. The van der Waals surface area contributed by atoms with Crippen LogP contribution in [0.25, 0.3) is 11.1 Å². The van der Waals surface area contributed by atoms with E-state index in [0.29, 0.717) is 5.92 Å². The molecule has 1 aliphatic carbocycles. The Balaban J connectivity index is 1.83. The molecule has 0 unspecified atom stereocenters. The van der Waals surface area contributed by atoms with E-state index in [2.05, 4.69) is 6.92 Å². The summed E-state index contributed by atoms with van der Waals surface area (Å²) in [5.41, 5.74) is 0.255. The van der Waals surface area contributed by atoms with Gasteiger partial charge in [0.25, 0.3) is 0 Å². The zero-order valence-corrected chi connectivity index (χ0v) is 15.6. The topological polar surface area (TPSA) is 0 Å². The largest absolute Gasteiger partial charge is 0.389 e. The summed E-state index contributed by atoms with van der Waals surface area (Å²) in [6.07, 6.45) is -2.47. The smallest absolute Gasteiger partial charge is 0.207 e. The molecule has 0 heterocycles. The Morgan fingerprint density at radius 3 is 2.00 bits per heavy atom. The summed E-state index contributed by atoms with van der Waals surface area (Å²) in [6.45, 7) is 2.20. The molecule has 1 saturated carbocycles. The molecule has 0 nitrogen and oxygen atoms in total. The van der Waals surface area contributed by atoms with Crippen LogP contribution in [0.5, 0.6) is 0 Å². The van der Waals surface area contributed by atoms with E-state index in [1.54, 1.807) is 6.07 Å². The first-order chi connectivity index (χ1) is 13.1. The maximum atomic E-state index is 14.6. The van der Waals surface area contributed by atoms with Gasteiger partial charge in [-0.15, -0.1) is 0 Å². The van der Waals surface area contributed by atoms with Crippen molar-refractivity contribution in [3.63, 3.8) is 0 Å². The first-order valence-electron chi connectivity index (χ1n) is 9.48. The Bertz CT molecular complexity index is 808. The van der Waals surface area contributed by atoms with Crippen molar-refractivity contribution < 1.29 is 26.3 Å². The third kappa shape index (κ3) is 4.89. The van der Waals surface area contributed by atoms with Gasteiger partial charge >= 0.3 is 6.18 Å². The van der Waals surface area contributed by atoms with Crippen molar-refractivity contribution in [3.8, 4) is 11.1 Å². The Labute approximate surface area is 160 Å². The minimum absolute atomic E-state index is 0.0212. The van der Waals surface area contributed by atoms with Gasteiger partial charge in [0, 0.05) is 17.5 Å². The summed E-state index contributed by atoms with van der Waals surface area (Å²) >= 11 is 0. The van der Waals surface area contributed by atoms with Crippen molar-refractivity contribution in [2.45, 2.75) is 57.5 Å². The van der Waals surface area contributed by atoms with Gasteiger partial charge in [-0.3, -0.25) is 0 Å². The van der Waals surface area contributed by atoms with E-state index in [0.717, 1.165) is 43.4 Å². The molecule has 2 aromatic rings. The third-order valence-corrected chi connectivity index (χ3v) is 5.59. The zero-order chi connectivity index (χ0) is 20.5. The van der Waals surface area contributed by atoms with Gasteiger partial charge in [-0.25, -0.2) is 13.2 Å². The van der Waals surface area contributed by atoms with Crippen molar-refractivity contribution in [2.24, 2.45) is 5.92 Å². The Hall–Kier alpha value is -1.98. The molecular formula is C22H22F6. The van der Waals surface area contributed by atoms with Gasteiger partial charge in [-0.2, -0.15) is 13.2 Å². The van der Waals surface area contributed by atoms with E-state index < -0.39 is 42.0 Å². The fraction of sp³-hybridized carbons (Fsp3) is 0.455. The molecule has 0 radical (unpaired) electrons. The molecule has 1 aliphatic rings. The van der Waals surface area contributed by atoms with Crippen molar-refractivity contribution in [2.75, 3.05) is 0 Å². The molecule has 0 N–H and O–H groups in total. The molecule has 0 atom stereocenters. The lowest BCUT2D eigenvalue weighted by atomic mass is 9.79. The summed E-state index contributed by atoms with van der Waals surface area (Å²) in [6, 6.07) is 6.46. The van der Waals surface area contributed by atoms with Crippen molar-refractivity contribution in [1.82, 2.24) is 0 Å². The van der Waals surface area contributed by atoms with Gasteiger partial charge in [-0.1, -0.05) is 31.9 Å². The number of hydrogen-bond acceptors (Lipinski definition) is 0. The fourth-order valence-electron chi connectivity index (χ4n) is 3.88. The average molecular weight is 400 g/mol. The van der Waals surface area contributed by atoms with Crippen LogP contribution in [0.4, 0.5) is 26.3 Å². The first-order valence-corrected chi connectivity index (χ1v) is 9.48. The fourth-order valence-corrected chi connectivity index (χ4v) is 3.88. The van der Waals surface area contributed by atoms with Gasteiger partial charge in [0.15, 0.2) is 0 Å². The van der Waals surface area contributed by atoms with E-state index in [1.807, 2.05) is 0 Å². The SMILES string of the molecule is CC1CCC(c2ccc(-c3cc(F)c(CCC(F)(F)F)c(F)c3)c(F)c2)CC1. The number of benzene rings is 2. The standard InChI is InChI=1S/C22H22F6/c1-13-2-4-14(5-3-13)15-6-7-17(19(23)10-15)16-11-20(24)18(21(25)12-16)8-9-22(26,27)28/h6-7,10-14H,2-5,8-9H2,1H3. The second kappa shape index (κ2) is 8.18. The van der Waals surface area contributed by atoms with Crippen molar-refractivity contribution >= 4 is 0 Å². The molecule has 0 spiro atoms. The van der Waals surface area contributed by atoms with Crippen LogP contribution in [0.2, 0.25) is 0 Å². The lowest BCUT2D eigenvalue weighted by molar-refractivity contribution is -0.134. The van der Waals surface area contributed by atoms with Crippen LogP contribution in [0.3, 0.4) is 0 Å². The van der Waals surface area contributed by atoms with E-state index in [4.69, 9.17) is 0 Å². The van der Waals surface area contributed by atoms with Crippen LogP contribution in [-0.4, -0.2) is 6.18 Å². The second-order valence-electron chi connectivity index (χ2n) is 7.73. The maximum Gasteiger partial charge on any atom is 0.389 e. The molecule has 0 aromatic heterocycles. The van der Waals surface area contributed by atoms with Crippen LogP contribution >= 0.6 is 0 Å². The third-order valence-electron chi connectivity index (χ3n) is 5.59. The second-order valence-corrected chi connectivity index (χ2v) is 7.73. The predicted octanol–water partition coefficient (Wildman–Crippen LogP) is 7.56. The molecule has 2 aromatic carbocycles. The summed E-state index contributed by atoms with van der Waals surface area (Å²) in [4.78, 5) is 0. The van der Waals surface area contributed by atoms with E-state index in [1.165, 1.54) is 12.1 Å². The van der Waals surface area contributed by atoms with Crippen LogP contribution in [0.15, 0.2) is 30.3 Å². The van der Waals surface area contributed by atoms with E-state index in [-0.39, 0.29) is 17.0 Å². The van der Waals surface area contributed by atoms with Gasteiger partial charge < -0.3 is 0 Å². The molecule has 0 aliphatic heterocycles. The van der Waals surface area contributed by atoms with Gasteiger partial charge in [0.2, 0.25) is 0 Å². The van der Waals surface area contributed by atoms with Crippen LogP contribution < -0.4 is 0 Å². The highest BCUT2D eigenvalue weighted by Crippen LogP contribution is 2.37. The lowest BCUT2D eigenvalue weighted by Gasteiger charge is -2.26. The predicted molar refractivity (Wildman–Crippen MR) is 96.5 cm³/mol. The Kier molecular flexibility index (Phi) is 6.06. The molecule has 0 saturated heterocycles. The molecular weight excluding hydrogens is 378 g/mol. The van der Waals surface area contributed by atoms with Crippen LogP contribution in [-0.2, 0) is 6.42 Å². The minimum atomic E-state index is -4.50. The monoisotopic (exact) mass is 400 g/mol. The molecule has 0 amide bonds. The van der Waals surface area contributed by atoms with Crippen LogP contribution in [0, 0.1) is 23.4 Å². The zero-order valence-electron chi connectivity index (χ0n) is 15.6. The highest BCUT2D eigenvalue weighted by Gasteiger charge is 2.28. The van der Waals surface area contributed by atoms with Gasteiger partial charge in [0.05, 0.1) is 0 Å². The highest BCUT2D eigenvalue weighted by molar-refractivity contribution is 5.65. The van der Waals surface area contributed by atoms with E-state index in [9.17, 15) is 26.3 Å². The first kappa shape index (κ1) is 20.7. The van der Waals surface area contributed by atoms with E-state index >= 15 is 0 Å². The average Bonchev–Trinajstić information content (AvgIpc) is 2.60. The summed E-state index contributed by atoms with van der Waals surface area (Å²) < 4.78 is 80.0. The molecule has 6 heteroatoms. The minimum Gasteiger partial charge on any atom is -0.207 e. The summed E-state index contributed by atoms with van der Waals surface area (Å²) in [5, 5.41) is 0. The normalized spacial score (nSPS) is 20.4. The molecule has 28 heavy (non-hydrogen) atoms. The highest BCUT2D eigenvalue weighted by atomic mass is 19.4. The van der Waals surface area contributed by atoms with Crippen molar-refractivity contribution in [1.29, 1.82) is 0 Å². The number of rotatable bonds is 4. The van der Waals surface area contributed by atoms with Crippen molar-refractivity contribution in [3.05, 3.63) is 58.9 Å². The maximum absolute atomic E-state index is 14.6. The van der Waals surface area contributed by atoms with Gasteiger partial charge in [0.1, 0.15) is 17.5 Å². The number of alkyl halides is 3. The van der Waals surface area contributed by atoms with Crippen LogP contribution in [0.1, 0.15) is 56.1 Å². The van der Waals surface area contributed by atoms with Gasteiger partial charge in [-0.05, 0) is 60.4 Å². The Morgan fingerprint density at radius 2 is 1.46 bits per heavy atom.